The molecule has 218 valence electrons. The van der Waals surface area contributed by atoms with Crippen molar-refractivity contribution in [2.75, 3.05) is 13.2 Å². The van der Waals surface area contributed by atoms with Crippen molar-refractivity contribution in [2.24, 2.45) is 46.3 Å². The highest BCUT2D eigenvalue weighted by Crippen LogP contribution is 2.67. The highest BCUT2D eigenvalue weighted by atomic mass is 16.6. The second-order valence-corrected chi connectivity index (χ2v) is 14.4. The molecule has 3 N–H and O–H groups in total. The second-order valence-electron chi connectivity index (χ2n) is 14.4. The molecule has 0 aromatic rings. The number of amides is 1. The van der Waals surface area contributed by atoms with Crippen LogP contribution in [0.1, 0.15) is 118 Å². The van der Waals surface area contributed by atoms with Gasteiger partial charge in [-0.1, -0.05) is 65.5 Å². The molecule has 0 aromatic heterocycles. The zero-order chi connectivity index (χ0) is 27.5. The van der Waals surface area contributed by atoms with Crippen molar-refractivity contribution >= 4 is 6.09 Å². The van der Waals surface area contributed by atoms with E-state index < -0.39 is 6.10 Å². The number of hydrogen-bond acceptors (Lipinski definition) is 4. The number of alkyl carbamates (subject to hydrolysis) is 1. The van der Waals surface area contributed by atoms with Crippen LogP contribution in [0.4, 0.5) is 4.79 Å². The molecule has 3 saturated carbocycles. The van der Waals surface area contributed by atoms with Gasteiger partial charge in [-0.2, -0.15) is 0 Å². The number of carbonyl (C=O) groups is 1. The van der Waals surface area contributed by atoms with Crippen LogP contribution in [0.3, 0.4) is 0 Å². The second kappa shape index (κ2) is 12.6. The summed E-state index contributed by atoms with van der Waals surface area (Å²) in [6.07, 6.45) is 16.2. The topological polar surface area (TPSA) is 78.8 Å². The van der Waals surface area contributed by atoms with Crippen LogP contribution in [0.2, 0.25) is 0 Å². The molecule has 5 nitrogen and oxygen atoms in total. The van der Waals surface area contributed by atoms with E-state index in [4.69, 9.17) is 9.84 Å². The Morgan fingerprint density at radius 3 is 2.58 bits per heavy atom. The van der Waals surface area contributed by atoms with Gasteiger partial charge in [-0.25, -0.2) is 4.79 Å². The molecule has 9 atom stereocenters. The lowest BCUT2D eigenvalue weighted by Crippen LogP contribution is -2.51. The highest BCUT2D eigenvalue weighted by molar-refractivity contribution is 5.67. The third-order valence-corrected chi connectivity index (χ3v) is 11.7. The molecule has 0 bridgehead atoms. The first-order chi connectivity index (χ1) is 18.1. The Bertz CT molecular complexity index is 826. The zero-order valence-electron chi connectivity index (χ0n) is 25.0. The number of allylic oxidation sites excluding steroid dienone is 1. The molecule has 5 heteroatoms. The Labute approximate surface area is 232 Å². The van der Waals surface area contributed by atoms with Crippen LogP contribution in [0.25, 0.3) is 0 Å². The summed E-state index contributed by atoms with van der Waals surface area (Å²) in [7, 11) is 0. The molecule has 3 fully saturated rings. The van der Waals surface area contributed by atoms with Gasteiger partial charge in [0.1, 0.15) is 6.10 Å². The Morgan fingerprint density at radius 1 is 1.05 bits per heavy atom. The average molecular weight is 532 g/mol. The number of aliphatic hydroxyl groups excluding tert-OH is 2. The Hall–Kier alpha value is -1.07. The molecule has 4 aliphatic carbocycles. The molecule has 0 aliphatic heterocycles. The number of fused-ring (bicyclic) bond motifs is 5. The largest absolute Gasteiger partial charge is 0.446 e. The fraction of sp³-hybridized carbons (Fsp3) is 0.909. The highest BCUT2D eigenvalue weighted by Gasteiger charge is 2.59. The summed E-state index contributed by atoms with van der Waals surface area (Å²) in [6, 6.07) is 0. The number of aliphatic hydroxyl groups is 2. The minimum Gasteiger partial charge on any atom is -0.446 e. The third-order valence-electron chi connectivity index (χ3n) is 11.7. The van der Waals surface area contributed by atoms with Crippen molar-refractivity contribution in [3.63, 3.8) is 0 Å². The van der Waals surface area contributed by atoms with Crippen molar-refractivity contribution in [1.29, 1.82) is 0 Å². The summed E-state index contributed by atoms with van der Waals surface area (Å²) in [4.78, 5) is 12.4. The van der Waals surface area contributed by atoms with Gasteiger partial charge in [-0.05, 0) is 104 Å². The first kappa shape index (κ1) is 29.9. The predicted octanol–water partition coefficient (Wildman–Crippen LogP) is 7.26. The van der Waals surface area contributed by atoms with Crippen molar-refractivity contribution in [3.05, 3.63) is 11.6 Å². The van der Waals surface area contributed by atoms with Gasteiger partial charge in [0.2, 0.25) is 0 Å². The van der Waals surface area contributed by atoms with E-state index in [9.17, 15) is 9.90 Å². The van der Waals surface area contributed by atoms with E-state index in [0.717, 1.165) is 54.8 Å². The van der Waals surface area contributed by atoms with Gasteiger partial charge >= 0.3 is 6.09 Å². The van der Waals surface area contributed by atoms with E-state index in [1.807, 2.05) is 0 Å². The maximum atomic E-state index is 12.4. The fourth-order valence-electron chi connectivity index (χ4n) is 9.58. The minimum atomic E-state index is -0.586. The van der Waals surface area contributed by atoms with Crippen LogP contribution in [0.5, 0.6) is 0 Å². The quantitative estimate of drug-likeness (QED) is 0.245. The number of carbonyl (C=O) groups excluding carboxylic acids is 1. The summed E-state index contributed by atoms with van der Waals surface area (Å²) in [5.41, 5.74) is 2.32. The predicted molar refractivity (Wildman–Crippen MR) is 154 cm³/mol. The summed E-state index contributed by atoms with van der Waals surface area (Å²) in [6.45, 7) is 12.8. The Kier molecular flexibility index (Phi) is 9.93. The number of rotatable bonds is 11. The maximum Gasteiger partial charge on any atom is 0.407 e. The number of nitrogens with one attached hydrogen (secondary N) is 1. The first-order valence-corrected chi connectivity index (χ1v) is 16.0. The van der Waals surface area contributed by atoms with Gasteiger partial charge < -0.3 is 20.3 Å². The van der Waals surface area contributed by atoms with Crippen LogP contribution in [0.15, 0.2) is 11.6 Å². The lowest BCUT2D eigenvalue weighted by molar-refractivity contribution is -0.0581. The van der Waals surface area contributed by atoms with Crippen molar-refractivity contribution < 1.29 is 19.7 Å². The van der Waals surface area contributed by atoms with Crippen LogP contribution >= 0.6 is 0 Å². The first-order valence-electron chi connectivity index (χ1n) is 16.0. The third kappa shape index (κ3) is 6.29. The van der Waals surface area contributed by atoms with Gasteiger partial charge in [-0.3, -0.25) is 0 Å². The van der Waals surface area contributed by atoms with Crippen molar-refractivity contribution in [2.45, 2.75) is 130 Å². The molecular formula is C33H57NO4. The molecule has 1 amide bonds. The molecular weight excluding hydrogens is 474 g/mol. The molecule has 0 radical (unpaired) electrons. The van der Waals surface area contributed by atoms with Crippen molar-refractivity contribution in [1.82, 2.24) is 5.32 Å². The monoisotopic (exact) mass is 531 g/mol. The molecule has 0 heterocycles. The standard InChI is InChI=1S/C33H57NO4/c1-22(2)7-6-8-23(3)28-11-12-29-27-10-9-24-21-26(38-31(37)34-19-15-25(36)16-20-35)13-17-32(24,4)30(27)14-18-33(28,29)5/h9,22-23,25-30,35-36H,6-8,10-21H2,1-5H3,(H,34,37)/t23-,25?,26+,27?,28-,29?,30?,32+,33-/m0/s1. The number of ether oxygens (including phenoxy) is 1. The van der Waals surface area contributed by atoms with E-state index in [0.29, 0.717) is 24.8 Å². The summed E-state index contributed by atoms with van der Waals surface area (Å²) in [5, 5.41) is 21.4. The Balaban J connectivity index is 1.33. The Morgan fingerprint density at radius 2 is 1.84 bits per heavy atom. The van der Waals surface area contributed by atoms with Crippen molar-refractivity contribution in [3.8, 4) is 0 Å². The van der Waals surface area contributed by atoms with Crippen LogP contribution < -0.4 is 5.32 Å². The van der Waals surface area contributed by atoms with Gasteiger partial charge in [0.25, 0.3) is 0 Å². The van der Waals surface area contributed by atoms with E-state index in [2.05, 4.69) is 46.0 Å². The SMILES string of the molecule is CC(C)CCC[C@H](C)[C@@H]1CCC2C3CC=C4C[C@H](OC(=O)NCCC(O)CCO)CC[C@@]4(C)C3CC[C@]21C. The van der Waals surface area contributed by atoms with Crippen LogP contribution in [0, 0.1) is 46.3 Å². The molecule has 4 rings (SSSR count). The van der Waals surface area contributed by atoms with E-state index in [1.165, 1.54) is 51.4 Å². The summed E-state index contributed by atoms with van der Waals surface area (Å²) < 4.78 is 5.81. The molecule has 0 saturated heterocycles. The maximum absolute atomic E-state index is 12.4. The molecule has 0 aromatic carbocycles. The summed E-state index contributed by atoms with van der Waals surface area (Å²) >= 11 is 0. The van der Waals surface area contributed by atoms with E-state index in [-0.39, 0.29) is 24.2 Å². The van der Waals surface area contributed by atoms with Gasteiger partial charge in [0.05, 0.1) is 6.10 Å². The van der Waals surface area contributed by atoms with Crippen LogP contribution in [-0.2, 0) is 4.74 Å². The normalized spacial score (nSPS) is 38.0. The molecule has 4 aliphatic rings. The number of hydrogen-bond donors (Lipinski definition) is 3. The zero-order valence-corrected chi connectivity index (χ0v) is 25.0. The van der Waals surface area contributed by atoms with E-state index >= 15 is 0 Å². The molecule has 0 spiro atoms. The minimum absolute atomic E-state index is 0.0401. The average Bonchev–Trinajstić information content (AvgIpc) is 3.21. The smallest absolute Gasteiger partial charge is 0.407 e. The molecule has 4 unspecified atom stereocenters. The summed E-state index contributed by atoms with van der Waals surface area (Å²) in [5.74, 6) is 5.03. The van der Waals surface area contributed by atoms with Crippen LogP contribution in [-0.4, -0.2) is 41.7 Å². The fourth-order valence-corrected chi connectivity index (χ4v) is 9.58. The van der Waals surface area contributed by atoms with Gasteiger partial charge in [0.15, 0.2) is 0 Å². The molecule has 38 heavy (non-hydrogen) atoms. The van der Waals surface area contributed by atoms with Gasteiger partial charge in [-0.15, -0.1) is 0 Å². The van der Waals surface area contributed by atoms with E-state index in [1.54, 1.807) is 5.57 Å². The lowest BCUT2D eigenvalue weighted by atomic mass is 9.47. The lowest BCUT2D eigenvalue weighted by Gasteiger charge is -2.58. The van der Waals surface area contributed by atoms with Gasteiger partial charge in [0, 0.05) is 19.6 Å².